The highest BCUT2D eigenvalue weighted by molar-refractivity contribution is 5.93. The van der Waals surface area contributed by atoms with Gasteiger partial charge in [-0.15, -0.1) is 6.42 Å². The summed E-state index contributed by atoms with van der Waals surface area (Å²) in [7, 11) is 0. The van der Waals surface area contributed by atoms with Gasteiger partial charge in [0.25, 0.3) is 0 Å². The Balaban J connectivity index is 2.01. The molecule has 1 aliphatic carbocycles. The number of terminal acetylenes is 1. The van der Waals surface area contributed by atoms with Crippen molar-refractivity contribution in [1.82, 2.24) is 15.5 Å². The quantitative estimate of drug-likeness (QED) is 0.371. The van der Waals surface area contributed by atoms with E-state index in [2.05, 4.69) is 16.6 Å². The summed E-state index contributed by atoms with van der Waals surface area (Å²) >= 11 is 0. The first-order valence-electron chi connectivity index (χ1n) is 13.5. The third-order valence-corrected chi connectivity index (χ3v) is 6.64. The number of benzene rings is 2. The monoisotopic (exact) mass is 546 g/mol. The Morgan fingerprint density at radius 2 is 1.73 bits per heavy atom. The standard InChI is InChI=1S/C31H38N4O5/c1-5-22-14-9-10-17-24(22)27(28(37)33-20-21-12-7-6-8-13-21)35(23-15-11-16-23)29(38)25(18-19-26(32)36)34-30(39)40-31(2,3)4/h1,6-10,12-14,17,23,25,27H,11,15-16,18-20H2,2-4H3,(H2,32,36)(H,33,37)(H,34,39). The molecule has 2 atom stereocenters. The topological polar surface area (TPSA) is 131 Å². The van der Waals surface area contributed by atoms with Gasteiger partial charge in [0, 0.05) is 24.6 Å². The molecule has 0 spiro atoms. The average Bonchev–Trinajstić information content (AvgIpc) is 2.87. The number of ether oxygens (including phenoxy) is 1. The molecule has 4 amide bonds. The van der Waals surface area contributed by atoms with Crippen LogP contribution in [0.1, 0.15) is 75.6 Å². The van der Waals surface area contributed by atoms with Crippen LogP contribution in [0.15, 0.2) is 54.6 Å². The van der Waals surface area contributed by atoms with Crippen LogP contribution in [0.4, 0.5) is 4.79 Å². The first-order valence-corrected chi connectivity index (χ1v) is 13.5. The SMILES string of the molecule is C#Cc1ccccc1C(C(=O)NCc1ccccc1)N(C(=O)C(CCC(N)=O)NC(=O)OC(C)(C)C)C1CCC1. The molecule has 0 radical (unpaired) electrons. The van der Waals surface area contributed by atoms with E-state index in [0.717, 1.165) is 12.0 Å². The van der Waals surface area contributed by atoms with Crippen LogP contribution in [0, 0.1) is 12.3 Å². The molecule has 4 N–H and O–H groups in total. The van der Waals surface area contributed by atoms with Crippen LogP contribution in [0.2, 0.25) is 0 Å². The second-order valence-electron chi connectivity index (χ2n) is 10.9. The summed E-state index contributed by atoms with van der Waals surface area (Å²) in [5.74, 6) is 1.10. The largest absolute Gasteiger partial charge is 0.444 e. The lowest BCUT2D eigenvalue weighted by atomic mass is 9.87. The first-order chi connectivity index (χ1) is 19.0. The van der Waals surface area contributed by atoms with Gasteiger partial charge in [-0.25, -0.2) is 4.79 Å². The minimum Gasteiger partial charge on any atom is -0.444 e. The summed E-state index contributed by atoms with van der Waals surface area (Å²) in [5, 5.41) is 5.57. The summed E-state index contributed by atoms with van der Waals surface area (Å²) in [4.78, 5) is 54.0. The number of nitrogens with one attached hydrogen (secondary N) is 2. The van der Waals surface area contributed by atoms with E-state index in [0.29, 0.717) is 24.0 Å². The molecule has 0 aromatic heterocycles. The van der Waals surface area contributed by atoms with Gasteiger partial charge in [-0.1, -0.05) is 54.5 Å². The molecule has 0 heterocycles. The molecule has 0 saturated heterocycles. The van der Waals surface area contributed by atoms with Crippen LogP contribution in [-0.4, -0.2) is 46.4 Å². The second-order valence-corrected chi connectivity index (χ2v) is 10.9. The minimum absolute atomic E-state index is 0.0498. The number of carbonyl (C=O) groups excluding carboxylic acids is 4. The summed E-state index contributed by atoms with van der Waals surface area (Å²) in [6.07, 6.45) is 7.06. The highest BCUT2D eigenvalue weighted by Crippen LogP contribution is 2.35. The number of hydrogen-bond donors (Lipinski definition) is 3. The Bertz CT molecular complexity index is 1240. The minimum atomic E-state index is -1.15. The number of nitrogens with two attached hydrogens (primary N) is 1. The number of rotatable bonds is 11. The van der Waals surface area contributed by atoms with E-state index in [1.807, 2.05) is 30.3 Å². The molecule has 40 heavy (non-hydrogen) atoms. The summed E-state index contributed by atoms with van der Waals surface area (Å²) in [6, 6.07) is 13.9. The van der Waals surface area contributed by atoms with Crippen LogP contribution < -0.4 is 16.4 Å². The predicted octanol–water partition coefficient (Wildman–Crippen LogP) is 3.57. The third kappa shape index (κ3) is 8.34. The highest BCUT2D eigenvalue weighted by Gasteiger charge is 2.42. The molecule has 2 aromatic rings. The summed E-state index contributed by atoms with van der Waals surface area (Å²) < 4.78 is 5.38. The summed E-state index contributed by atoms with van der Waals surface area (Å²) in [5.41, 5.74) is 6.46. The van der Waals surface area contributed by atoms with E-state index < -0.39 is 41.5 Å². The molecule has 2 unspecified atom stereocenters. The highest BCUT2D eigenvalue weighted by atomic mass is 16.6. The van der Waals surface area contributed by atoms with E-state index in [9.17, 15) is 19.2 Å². The molecule has 1 fully saturated rings. The molecular formula is C31H38N4O5. The predicted molar refractivity (Wildman–Crippen MR) is 151 cm³/mol. The van der Waals surface area contributed by atoms with Gasteiger partial charge in [0.2, 0.25) is 17.7 Å². The molecule has 212 valence electrons. The lowest BCUT2D eigenvalue weighted by Gasteiger charge is -2.43. The Morgan fingerprint density at radius 3 is 2.30 bits per heavy atom. The molecule has 2 aromatic carbocycles. The zero-order valence-corrected chi connectivity index (χ0v) is 23.3. The van der Waals surface area contributed by atoms with Gasteiger partial charge in [-0.2, -0.15) is 0 Å². The molecule has 0 bridgehead atoms. The van der Waals surface area contributed by atoms with Crippen molar-refractivity contribution in [2.75, 3.05) is 0 Å². The zero-order chi connectivity index (χ0) is 29.3. The second kappa shape index (κ2) is 13.7. The van der Waals surface area contributed by atoms with Crippen LogP contribution in [-0.2, 0) is 25.7 Å². The first kappa shape index (κ1) is 30.2. The van der Waals surface area contributed by atoms with Crippen molar-refractivity contribution in [2.24, 2.45) is 5.73 Å². The van der Waals surface area contributed by atoms with Crippen LogP contribution in [0.5, 0.6) is 0 Å². The van der Waals surface area contributed by atoms with Gasteiger partial charge < -0.3 is 26.0 Å². The van der Waals surface area contributed by atoms with Crippen molar-refractivity contribution < 1.29 is 23.9 Å². The number of amides is 4. The fourth-order valence-corrected chi connectivity index (χ4v) is 4.52. The van der Waals surface area contributed by atoms with Gasteiger partial charge in [-0.3, -0.25) is 14.4 Å². The lowest BCUT2D eigenvalue weighted by molar-refractivity contribution is -0.147. The maximum absolute atomic E-state index is 14.3. The Kier molecular flexibility index (Phi) is 10.3. The lowest BCUT2D eigenvalue weighted by Crippen LogP contribution is -2.57. The van der Waals surface area contributed by atoms with Gasteiger partial charge in [0.15, 0.2) is 0 Å². The van der Waals surface area contributed by atoms with Crippen LogP contribution in [0.3, 0.4) is 0 Å². The fraction of sp³-hybridized carbons (Fsp3) is 0.419. The molecule has 3 rings (SSSR count). The number of nitrogens with zero attached hydrogens (tertiary/aromatic N) is 1. The van der Waals surface area contributed by atoms with Crippen molar-refractivity contribution >= 4 is 23.8 Å². The molecule has 0 aliphatic heterocycles. The number of alkyl carbamates (subject to hydrolysis) is 1. The van der Waals surface area contributed by atoms with Crippen molar-refractivity contribution in [1.29, 1.82) is 0 Å². The number of hydrogen-bond acceptors (Lipinski definition) is 5. The van der Waals surface area contributed by atoms with E-state index in [1.54, 1.807) is 45.0 Å². The van der Waals surface area contributed by atoms with Gasteiger partial charge >= 0.3 is 6.09 Å². The van der Waals surface area contributed by atoms with Crippen molar-refractivity contribution in [3.8, 4) is 12.3 Å². The van der Waals surface area contributed by atoms with Gasteiger partial charge in [0.1, 0.15) is 17.7 Å². The molecule has 1 aliphatic rings. The fourth-order valence-electron chi connectivity index (χ4n) is 4.52. The summed E-state index contributed by atoms with van der Waals surface area (Å²) in [6.45, 7) is 5.37. The van der Waals surface area contributed by atoms with Crippen molar-refractivity contribution in [3.05, 3.63) is 71.3 Å². The van der Waals surface area contributed by atoms with Crippen molar-refractivity contribution in [3.63, 3.8) is 0 Å². The Labute approximate surface area is 235 Å². The molecule has 9 nitrogen and oxygen atoms in total. The normalized spacial score (nSPS) is 14.6. The maximum Gasteiger partial charge on any atom is 0.408 e. The van der Waals surface area contributed by atoms with Gasteiger partial charge in [-0.05, 0) is 63.6 Å². The van der Waals surface area contributed by atoms with Crippen LogP contribution >= 0.6 is 0 Å². The van der Waals surface area contributed by atoms with E-state index in [4.69, 9.17) is 16.9 Å². The van der Waals surface area contributed by atoms with E-state index in [1.165, 1.54) is 4.90 Å². The number of carbonyl (C=O) groups is 4. The van der Waals surface area contributed by atoms with E-state index >= 15 is 0 Å². The Hall–Kier alpha value is -4.32. The molecule has 1 saturated carbocycles. The number of primary amides is 1. The van der Waals surface area contributed by atoms with Gasteiger partial charge in [0.05, 0.1) is 0 Å². The Morgan fingerprint density at radius 1 is 1.07 bits per heavy atom. The maximum atomic E-state index is 14.3. The third-order valence-electron chi connectivity index (χ3n) is 6.64. The molecular weight excluding hydrogens is 508 g/mol. The zero-order valence-electron chi connectivity index (χ0n) is 23.3. The van der Waals surface area contributed by atoms with Crippen LogP contribution in [0.25, 0.3) is 0 Å². The molecule has 9 heteroatoms. The van der Waals surface area contributed by atoms with E-state index in [-0.39, 0.29) is 25.4 Å². The average molecular weight is 547 g/mol. The smallest absolute Gasteiger partial charge is 0.408 e. The van der Waals surface area contributed by atoms with Crippen molar-refractivity contribution in [2.45, 2.75) is 83.1 Å².